The number of carbonyl (C=O) groups excluding carboxylic acids is 2. The first-order chi connectivity index (χ1) is 8.73. The van der Waals surface area contributed by atoms with Gasteiger partial charge in [0, 0.05) is 0 Å². The van der Waals surface area contributed by atoms with Crippen LogP contribution in [0.15, 0.2) is 23.3 Å². The third kappa shape index (κ3) is 2.65. The lowest BCUT2D eigenvalue weighted by Crippen LogP contribution is -2.20. The van der Waals surface area contributed by atoms with Crippen LogP contribution >= 0.6 is 0 Å². The number of hydrogen-bond donors (Lipinski definition) is 0. The van der Waals surface area contributed by atoms with E-state index in [4.69, 9.17) is 4.74 Å². The number of ketones is 1. The highest BCUT2D eigenvalue weighted by molar-refractivity contribution is 5.94. The highest BCUT2D eigenvalue weighted by atomic mass is 16.5. The summed E-state index contributed by atoms with van der Waals surface area (Å²) in [4.78, 5) is 23.5. The second kappa shape index (κ2) is 4.62. The second-order valence-electron chi connectivity index (χ2n) is 6.55. The molecule has 0 aromatic rings. The maximum absolute atomic E-state index is 12.2. The van der Waals surface area contributed by atoms with Crippen LogP contribution in [-0.2, 0) is 14.3 Å². The number of esters is 1. The molecule has 2 rings (SSSR count). The van der Waals surface area contributed by atoms with Crippen molar-refractivity contribution in [3.8, 4) is 0 Å². The van der Waals surface area contributed by atoms with E-state index in [1.54, 1.807) is 6.08 Å². The van der Waals surface area contributed by atoms with Crippen LogP contribution in [0.3, 0.4) is 0 Å². The normalized spacial score (nSPS) is 31.7. The number of allylic oxidation sites excluding steroid dienone is 3. The fourth-order valence-corrected chi connectivity index (χ4v) is 2.90. The summed E-state index contributed by atoms with van der Waals surface area (Å²) in [6.07, 6.45) is 3.68. The van der Waals surface area contributed by atoms with Crippen LogP contribution in [0.5, 0.6) is 0 Å². The van der Waals surface area contributed by atoms with E-state index in [9.17, 15) is 9.59 Å². The molecule has 3 nitrogen and oxygen atoms in total. The highest BCUT2D eigenvalue weighted by Crippen LogP contribution is 2.60. The van der Waals surface area contributed by atoms with Crippen molar-refractivity contribution in [2.45, 2.75) is 47.1 Å². The van der Waals surface area contributed by atoms with Gasteiger partial charge in [-0.25, -0.2) is 0 Å². The summed E-state index contributed by atoms with van der Waals surface area (Å²) >= 11 is 0. The van der Waals surface area contributed by atoms with Gasteiger partial charge < -0.3 is 4.74 Å². The Morgan fingerprint density at radius 1 is 1.42 bits per heavy atom. The molecule has 0 spiro atoms. The molecule has 1 fully saturated rings. The van der Waals surface area contributed by atoms with Gasteiger partial charge in [0.2, 0.25) is 0 Å². The van der Waals surface area contributed by atoms with Gasteiger partial charge in [-0.15, -0.1) is 0 Å². The molecule has 0 saturated heterocycles. The molecule has 104 valence electrons. The predicted molar refractivity (Wildman–Crippen MR) is 73.5 cm³/mol. The van der Waals surface area contributed by atoms with Crippen molar-refractivity contribution in [2.75, 3.05) is 0 Å². The second-order valence-corrected chi connectivity index (χ2v) is 6.55. The molecule has 0 N–H and O–H groups in total. The lowest BCUT2D eigenvalue weighted by molar-refractivity contribution is -0.150. The van der Waals surface area contributed by atoms with Gasteiger partial charge in [0.1, 0.15) is 6.10 Å². The maximum Gasteiger partial charge on any atom is 0.310 e. The van der Waals surface area contributed by atoms with Crippen LogP contribution in [-0.4, -0.2) is 17.9 Å². The van der Waals surface area contributed by atoms with Crippen LogP contribution in [0.2, 0.25) is 0 Å². The third-order valence-electron chi connectivity index (χ3n) is 4.22. The van der Waals surface area contributed by atoms with Gasteiger partial charge in [-0.3, -0.25) is 9.59 Å². The fraction of sp³-hybridized carbons (Fsp3) is 0.625. The minimum atomic E-state index is -0.344. The van der Waals surface area contributed by atoms with Crippen molar-refractivity contribution < 1.29 is 14.3 Å². The topological polar surface area (TPSA) is 43.4 Å². The third-order valence-corrected chi connectivity index (χ3v) is 4.22. The average Bonchev–Trinajstić information content (AvgIpc) is 2.60. The summed E-state index contributed by atoms with van der Waals surface area (Å²) in [5.74, 6) is 0.0587. The Kier molecular flexibility index (Phi) is 3.41. The molecule has 0 heterocycles. The molecule has 19 heavy (non-hydrogen) atoms. The minimum absolute atomic E-state index is 0.0331. The lowest BCUT2D eigenvalue weighted by atomic mass is 10.1. The Hall–Kier alpha value is -1.38. The molecule has 0 aromatic heterocycles. The Labute approximate surface area is 114 Å². The summed E-state index contributed by atoms with van der Waals surface area (Å²) < 4.78 is 5.51. The first-order valence-corrected chi connectivity index (χ1v) is 6.80. The summed E-state index contributed by atoms with van der Waals surface area (Å²) in [7, 11) is 0. The van der Waals surface area contributed by atoms with Gasteiger partial charge in [-0.2, -0.15) is 0 Å². The van der Waals surface area contributed by atoms with Gasteiger partial charge in [-0.1, -0.05) is 25.5 Å². The molecule has 1 unspecified atom stereocenters. The van der Waals surface area contributed by atoms with E-state index in [-0.39, 0.29) is 35.1 Å². The van der Waals surface area contributed by atoms with E-state index >= 15 is 0 Å². The smallest absolute Gasteiger partial charge is 0.310 e. The lowest BCUT2D eigenvalue weighted by Gasteiger charge is -2.13. The van der Waals surface area contributed by atoms with Gasteiger partial charge >= 0.3 is 5.97 Å². The molecule has 0 amide bonds. The molecule has 0 aromatic carbocycles. The Morgan fingerprint density at radius 3 is 2.53 bits per heavy atom. The minimum Gasteiger partial charge on any atom is -0.457 e. The monoisotopic (exact) mass is 262 g/mol. The van der Waals surface area contributed by atoms with Crippen molar-refractivity contribution in [1.29, 1.82) is 0 Å². The van der Waals surface area contributed by atoms with Crippen LogP contribution in [0.25, 0.3) is 0 Å². The number of ether oxygens (including phenoxy) is 1. The zero-order valence-corrected chi connectivity index (χ0v) is 12.3. The van der Waals surface area contributed by atoms with Gasteiger partial charge in [0.05, 0.1) is 12.3 Å². The zero-order chi connectivity index (χ0) is 14.4. The average molecular weight is 262 g/mol. The maximum atomic E-state index is 12.2. The summed E-state index contributed by atoms with van der Waals surface area (Å²) in [6, 6.07) is 0. The summed E-state index contributed by atoms with van der Waals surface area (Å²) in [6.45, 7) is 10.1. The van der Waals surface area contributed by atoms with E-state index in [0.717, 1.165) is 5.57 Å². The van der Waals surface area contributed by atoms with Crippen molar-refractivity contribution in [1.82, 2.24) is 0 Å². The van der Waals surface area contributed by atoms with Gasteiger partial charge in [0.25, 0.3) is 0 Å². The molecule has 3 heteroatoms. The predicted octanol–water partition coefficient (Wildman–Crippen LogP) is 3.06. The van der Waals surface area contributed by atoms with Crippen LogP contribution in [0, 0.1) is 17.3 Å². The standard InChI is InChI=1S/C16H22O3/c1-9(2)6-12-14(16(12,4)5)15(18)19-13-8-11(17)7-10(13)3/h6-7,12-14H,8H2,1-5H3/t12-,13?,14+/m1/s1. The Bertz CT molecular complexity index is 478. The summed E-state index contributed by atoms with van der Waals surface area (Å²) in [5, 5.41) is 0. The van der Waals surface area contributed by atoms with E-state index < -0.39 is 0 Å². The van der Waals surface area contributed by atoms with Crippen molar-refractivity contribution in [2.24, 2.45) is 17.3 Å². The molecular weight excluding hydrogens is 240 g/mol. The largest absolute Gasteiger partial charge is 0.457 e. The highest BCUT2D eigenvalue weighted by Gasteiger charge is 2.61. The van der Waals surface area contributed by atoms with E-state index in [1.165, 1.54) is 5.57 Å². The van der Waals surface area contributed by atoms with Crippen molar-refractivity contribution in [3.05, 3.63) is 23.3 Å². The molecular formula is C16H22O3. The first-order valence-electron chi connectivity index (χ1n) is 6.80. The molecule has 0 radical (unpaired) electrons. The first kappa shape index (κ1) is 14.0. The molecule has 0 bridgehead atoms. The quantitative estimate of drug-likeness (QED) is 0.580. The number of carbonyl (C=O) groups is 2. The van der Waals surface area contributed by atoms with E-state index in [0.29, 0.717) is 6.42 Å². The molecule has 2 aliphatic carbocycles. The van der Waals surface area contributed by atoms with E-state index in [1.807, 2.05) is 20.8 Å². The summed E-state index contributed by atoms with van der Waals surface area (Å²) in [5.41, 5.74) is 2.05. The Morgan fingerprint density at radius 2 is 2.05 bits per heavy atom. The van der Waals surface area contributed by atoms with Crippen molar-refractivity contribution in [3.63, 3.8) is 0 Å². The van der Waals surface area contributed by atoms with Gasteiger partial charge in [0.15, 0.2) is 5.78 Å². The van der Waals surface area contributed by atoms with Crippen molar-refractivity contribution >= 4 is 11.8 Å². The molecule has 1 saturated carbocycles. The number of rotatable bonds is 3. The number of hydrogen-bond acceptors (Lipinski definition) is 3. The van der Waals surface area contributed by atoms with Crippen LogP contribution < -0.4 is 0 Å². The SMILES string of the molecule is CC(C)=C[C@@H]1[C@@H](C(=O)OC2CC(=O)C=C2C)C1(C)C. The van der Waals surface area contributed by atoms with Crippen LogP contribution in [0.4, 0.5) is 0 Å². The Balaban J connectivity index is 2.01. The van der Waals surface area contributed by atoms with Gasteiger partial charge in [-0.05, 0) is 43.8 Å². The molecule has 0 aliphatic heterocycles. The fourth-order valence-electron chi connectivity index (χ4n) is 2.90. The zero-order valence-electron chi connectivity index (χ0n) is 12.3. The van der Waals surface area contributed by atoms with Crippen LogP contribution in [0.1, 0.15) is 41.0 Å². The molecule has 3 atom stereocenters. The molecule has 2 aliphatic rings. The van der Waals surface area contributed by atoms with E-state index in [2.05, 4.69) is 19.9 Å².